The number of hydrogen-bond donors (Lipinski definition) is 0. The zero-order valence-electron chi connectivity index (χ0n) is 46.3. The molecule has 0 aromatic rings. The minimum atomic E-state index is -2.47. The average molecular weight is 989 g/mol. The second-order valence-corrected chi connectivity index (χ2v) is 33.9. The molecule has 0 radical (unpaired) electrons. The highest BCUT2D eigenvalue weighted by Crippen LogP contribution is 2.43. The van der Waals surface area contributed by atoms with Crippen LogP contribution in [0.2, 0.25) is 36.3 Å². The molecule has 390 valence electrons. The van der Waals surface area contributed by atoms with E-state index in [1.807, 2.05) is 0 Å². The maximum atomic E-state index is 15.0. The van der Waals surface area contributed by atoms with Crippen LogP contribution >= 0.6 is 0 Å². The van der Waals surface area contributed by atoms with Gasteiger partial charge in [-0.15, -0.1) is 0 Å². The van der Waals surface area contributed by atoms with Gasteiger partial charge in [-0.3, -0.25) is 9.59 Å². The fraction of sp³-hybridized carbons (Fsp3) is 0.836. The SMILES string of the molecule is CC[C@@H]1/C=C(\C)C[C@H](C)C[C@H](OC)[C@H]2O/C(=C\C(=O)N3CCCC[C@H]3C(=O)O[C@H](/C(C)=C/[C@@H]3CC[C@@H](O[Si](C)(C)C(C)(C)C)[C@H](OC)C3)[C@H](C)[C@@H](O[Si](C)(C)C(C)(C)C)CC1=O)[C@H](C)C[C@@H]2OC. The number of allylic oxidation sites excluding steroid dienone is 4. The molecule has 11 nitrogen and oxygen atoms in total. The van der Waals surface area contributed by atoms with E-state index >= 15 is 0 Å². The van der Waals surface area contributed by atoms with Crippen LogP contribution in [0, 0.1) is 29.6 Å². The topological polar surface area (TPSA) is 119 Å². The van der Waals surface area contributed by atoms with Crippen LogP contribution in [0.4, 0.5) is 0 Å². The van der Waals surface area contributed by atoms with Gasteiger partial charge in [0.2, 0.25) is 0 Å². The van der Waals surface area contributed by atoms with Crippen molar-refractivity contribution in [2.45, 2.75) is 239 Å². The number of ether oxygens (including phenoxy) is 5. The van der Waals surface area contributed by atoms with Gasteiger partial charge in [0, 0.05) is 58.1 Å². The Balaban J connectivity index is 1.85. The molecular formula is C55H97NO10Si2. The van der Waals surface area contributed by atoms with Gasteiger partial charge in [0.1, 0.15) is 23.7 Å². The highest BCUT2D eigenvalue weighted by molar-refractivity contribution is 6.74. The number of rotatable bonds is 10. The van der Waals surface area contributed by atoms with Crippen molar-refractivity contribution in [3.8, 4) is 0 Å². The van der Waals surface area contributed by atoms with Crippen LogP contribution in [0.25, 0.3) is 0 Å². The van der Waals surface area contributed by atoms with Crippen molar-refractivity contribution in [2.24, 2.45) is 29.6 Å². The third-order valence-electron chi connectivity index (χ3n) is 16.9. The van der Waals surface area contributed by atoms with Crippen LogP contribution < -0.4 is 0 Å². The van der Waals surface area contributed by atoms with Gasteiger partial charge < -0.3 is 37.4 Å². The lowest BCUT2D eigenvalue weighted by Crippen LogP contribution is -2.51. The average Bonchev–Trinajstić information content (AvgIpc) is 3.25. The minimum absolute atomic E-state index is 0.0121. The van der Waals surface area contributed by atoms with E-state index in [9.17, 15) is 14.4 Å². The van der Waals surface area contributed by atoms with Crippen molar-refractivity contribution in [1.29, 1.82) is 0 Å². The number of cyclic esters (lactones) is 1. The monoisotopic (exact) mass is 988 g/mol. The molecule has 2 bridgehead atoms. The molecule has 1 saturated carbocycles. The molecule has 0 N–H and O–H groups in total. The van der Waals surface area contributed by atoms with Crippen molar-refractivity contribution >= 4 is 34.3 Å². The Morgan fingerprint density at radius 2 is 1.35 bits per heavy atom. The maximum Gasteiger partial charge on any atom is 0.329 e. The molecule has 0 spiro atoms. The number of nitrogens with zero attached hydrogens (tertiary/aromatic N) is 1. The third kappa shape index (κ3) is 15.0. The second-order valence-electron chi connectivity index (χ2n) is 24.4. The van der Waals surface area contributed by atoms with Crippen LogP contribution in [-0.2, 0) is 46.9 Å². The van der Waals surface area contributed by atoms with E-state index in [0.29, 0.717) is 38.0 Å². The fourth-order valence-electron chi connectivity index (χ4n) is 10.5. The molecule has 3 heterocycles. The molecule has 68 heavy (non-hydrogen) atoms. The van der Waals surface area contributed by atoms with Crippen LogP contribution in [0.15, 0.2) is 35.1 Å². The number of Topliss-reactive ketones (excluding diaryl/α,β-unsaturated/α-hetero) is 1. The van der Waals surface area contributed by atoms with Gasteiger partial charge in [-0.2, -0.15) is 0 Å². The van der Waals surface area contributed by atoms with Gasteiger partial charge in [0.15, 0.2) is 22.7 Å². The van der Waals surface area contributed by atoms with Gasteiger partial charge in [0.25, 0.3) is 5.91 Å². The summed E-state index contributed by atoms with van der Waals surface area (Å²) in [6.45, 7) is 35.6. The molecule has 13 heteroatoms. The highest BCUT2D eigenvalue weighted by Gasteiger charge is 2.46. The summed E-state index contributed by atoms with van der Waals surface area (Å²) in [6.07, 6.45) is 11.4. The maximum absolute atomic E-state index is 15.0. The summed E-state index contributed by atoms with van der Waals surface area (Å²) in [7, 11) is 0.686. The summed E-state index contributed by atoms with van der Waals surface area (Å²) >= 11 is 0. The third-order valence-corrected chi connectivity index (χ3v) is 25.9. The van der Waals surface area contributed by atoms with Gasteiger partial charge in [-0.1, -0.05) is 87.0 Å². The Labute approximate surface area is 415 Å². The number of amides is 1. The molecule has 3 fully saturated rings. The van der Waals surface area contributed by atoms with Gasteiger partial charge in [-0.25, -0.2) is 4.79 Å². The summed E-state index contributed by atoms with van der Waals surface area (Å²) in [5.74, 6) is -0.364. The lowest BCUT2D eigenvalue weighted by Gasteiger charge is -2.44. The Hall–Kier alpha value is -2.14. The number of hydrogen-bond acceptors (Lipinski definition) is 10. The molecule has 3 aliphatic heterocycles. The summed E-state index contributed by atoms with van der Waals surface area (Å²) in [5.41, 5.74) is 2.08. The number of methoxy groups -OCH3 is 3. The first-order chi connectivity index (χ1) is 31.6. The smallest absolute Gasteiger partial charge is 0.329 e. The summed E-state index contributed by atoms with van der Waals surface area (Å²) in [5, 5.41) is -0.0528. The van der Waals surface area contributed by atoms with E-state index in [1.54, 1.807) is 32.3 Å². The van der Waals surface area contributed by atoms with Crippen LogP contribution in [0.5, 0.6) is 0 Å². The molecule has 0 unspecified atom stereocenters. The molecule has 4 rings (SSSR count). The van der Waals surface area contributed by atoms with E-state index in [1.165, 1.54) is 0 Å². The van der Waals surface area contributed by atoms with E-state index in [4.69, 9.17) is 32.5 Å². The van der Waals surface area contributed by atoms with Gasteiger partial charge >= 0.3 is 5.97 Å². The van der Waals surface area contributed by atoms with Crippen molar-refractivity contribution < 1.29 is 46.9 Å². The van der Waals surface area contributed by atoms with E-state index < -0.39 is 47.0 Å². The molecule has 13 atom stereocenters. The number of carbonyl (C=O) groups excluding carboxylic acids is 3. The predicted octanol–water partition coefficient (Wildman–Crippen LogP) is 12.2. The first kappa shape index (κ1) is 58.4. The summed E-state index contributed by atoms with van der Waals surface area (Å²) in [4.78, 5) is 46.0. The fourth-order valence-corrected chi connectivity index (χ4v) is 13.3. The lowest BCUT2D eigenvalue weighted by molar-refractivity contribution is -0.162. The second kappa shape index (κ2) is 24.5. The van der Waals surface area contributed by atoms with Crippen molar-refractivity contribution in [3.05, 3.63) is 35.1 Å². The molecule has 2 saturated heterocycles. The number of ketones is 1. The van der Waals surface area contributed by atoms with Crippen molar-refractivity contribution in [1.82, 2.24) is 4.90 Å². The van der Waals surface area contributed by atoms with Gasteiger partial charge in [0.05, 0.1) is 30.5 Å². The number of esters is 1. The summed E-state index contributed by atoms with van der Waals surface area (Å²) < 4.78 is 46.2. The Kier molecular flexibility index (Phi) is 21.1. The van der Waals surface area contributed by atoms with Crippen molar-refractivity contribution in [2.75, 3.05) is 27.9 Å². The van der Waals surface area contributed by atoms with E-state index in [2.05, 4.69) is 121 Å². The number of fused-ring (bicyclic) bond motifs is 3. The quantitative estimate of drug-likeness (QED) is 0.119. The predicted molar refractivity (Wildman–Crippen MR) is 278 cm³/mol. The Bertz CT molecular complexity index is 1780. The highest BCUT2D eigenvalue weighted by atomic mass is 28.4. The molecule has 1 aliphatic carbocycles. The summed E-state index contributed by atoms with van der Waals surface area (Å²) in [6, 6.07) is -0.779. The lowest BCUT2D eigenvalue weighted by atomic mass is 9.81. The van der Waals surface area contributed by atoms with Crippen LogP contribution in [0.1, 0.15) is 154 Å². The number of carbonyl (C=O) groups is 3. The molecule has 0 aromatic carbocycles. The van der Waals surface area contributed by atoms with Crippen molar-refractivity contribution in [3.63, 3.8) is 0 Å². The Morgan fingerprint density at radius 1 is 0.765 bits per heavy atom. The zero-order valence-corrected chi connectivity index (χ0v) is 48.3. The standard InChI is InChI=1S/C55H97NO10Si2/c1-20-41-28-35(2)27-36(3)29-48(61-14)52-49(62-15)31-37(4)45(63-52)34-50(58)56-26-22-21-23-42(56)53(59)64-51(39(6)46(33-43(41)57)66-68(18,19)55(10,11)12)38(5)30-40-24-25-44(47(32-40)60-13)65-67(16,17)54(7,8)9/h28,30,34,36-37,39-42,44,46-49,51-52H,20-27,29,31-33H2,1-19H3/b35-28+,38-30+,45-34-/t36-,37+,39+,40-,41+,42-,44+,46-,47+,48-,49-,51+,52+/m0/s1. The van der Waals surface area contributed by atoms with E-state index in [0.717, 1.165) is 49.7 Å². The number of piperidine rings is 1. The minimum Gasteiger partial charge on any atom is -0.489 e. The zero-order chi connectivity index (χ0) is 51.1. The van der Waals surface area contributed by atoms with Crippen LogP contribution in [-0.4, -0.2) is 116 Å². The van der Waals surface area contributed by atoms with Gasteiger partial charge in [-0.05, 0) is 132 Å². The molecule has 1 amide bonds. The van der Waals surface area contributed by atoms with Crippen LogP contribution in [0.3, 0.4) is 0 Å². The van der Waals surface area contributed by atoms with E-state index in [-0.39, 0.29) is 82.2 Å². The molecule has 0 aromatic heterocycles. The first-order valence-electron chi connectivity index (χ1n) is 26.3. The largest absolute Gasteiger partial charge is 0.489 e. The first-order valence-corrected chi connectivity index (χ1v) is 32.1. The molecular weight excluding hydrogens is 891 g/mol. The molecule has 4 aliphatic rings. The normalized spacial score (nSPS) is 35.8. The Morgan fingerprint density at radius 3 is 1.93 bits per heavy atom.